The molecule has 3 rings (SSSR count). The molecule has 0 spiro atoms. The third kappa shape index (κ3) is 5.65. The van der Waals surface area contributed by atoms with E-state index in [9.17, 15) is 19.2 Å². The first-order valence-electron chi connectivity index (χ1n) is 9.16. The lowest BCUT2D eigenvalue weighted by Crippen LogP contribution is -2.36. The Morgan fingerprint density at radius 2 is 1.62 bits per heavy atom. The van der Waals surface area contributed by atoms with Gasteiger partial charge in [-0.25, -0.2) is 4.79 Å². The summed E-state index contributed by atoms with van der Waals surface area (Å²) in [7, 11) is 0. The number of ether oxygens (including phenoxy) is 1. The summed E-state index contributed by atoms with van der Waals surface area (Å²) in [6.07, 6.45) is 0.523. The van der Waals surface area contributed by atoms with Gasteiger partial charge in [0.1, 0.15) is 17.5 Å². The molecule has 8 nitrogen and oxygen atoms in total. The van der Waals surface area contributed by atoms with Crippen LogP contribution in [0.2, 0.25) is 0 Å². The number of urea groups is 1. The number of benzene rings is 2. The third-order valence-electron chi connectivity index (χ3n) is 4.40. The maximum atomic E-state index is 11.9. The second-order valence-corrected chi connectivity index (χ2v) is 6.65. The third-order valence-corrected chi connectivity index (χ3v) is 4.40. The van der Waals surface area contributed by atoms with Gasteiger partial charge in [-0.05, 0) is 55.3 Å². The van der Waals surface area contributed by atoms with Gasteiger partial charge in [0.2, 0.25) is 5.91 Å². The molecule has 1 aliphatic heterocycles. The van der Waals surface area contributed by atoms with Crippen molar-refractivity contribution in [2.75, 3.05) is 6.54 Å². The molecule has 0 aromatic heterocycles. The highest BCUT2D eigenvalue weighted by molar-refractivity contribution is 6.05. The highest BCUT2D eigenvalue weighted by Crippen LogP contribution is 2.22. The van der Waals surface area contributed by atoms with Crippen molar-refractivity contribution in [3.05, 3.63) is 59.7 Å². The zero-order chi connectivity index (χ0) is 20.8. The van der Waals surface area contributed by atoms with Crippen LogP contribution < -0.4 is 20.7 Å². The molecule has 2 aromatic rings. The van der Waals surface area contributed by atoms with Gasteiger partial charge in [0.15, 0.2) is 5.78 Å². The minimum Gasteiger partial charge on any atom is -0.457 e. The highest BCUT2D eigenvalue weighted by Gasteiger charge is 2.30. The largest absolute Gasteiger partial charge is 0.457 e. The van der Waals surface area contributed by atoms with E-state index in [4.69, 9.17) is 4.74 Å². The van der Waals surface area contributed by atoms with E-state index in [2.05, 4.69) is 16.0 Å². The number of hydrogen-bond donors (Lipinski definition) is 3. The lowest BCUT2D eigenvalue weighted by molar-refractivity contribution is -0.126. The predicted octanol–water partition coefficient (Wildman–Crippen LogP) is 1.94. The van der Waals surface area contributed by atoms with Crippen LogP contribution in [0, 0.1) is 0 Å². The Kier molecular flexibility index (Phi) is 6.23. The van der Waals surface area contributed by atoms with Gasteiger partial charge in [0.05, 0.1) is 6.42 Å². The summed E-state index contributed by atoms with van der Waals surface area (Å²) in [5, 5.41) is 7.21. The monoisotopic (exact) mass is 395 g/mol. The Morgan fingerprint density at radius 3 is 2.17 bits per heavy atom. The Morgan fingerprint density at radius 1 is 1.00 bits per heavy atom. The SMILES string of the molecule is CC(=O)c1ccc(Oc2ccc(CCNC(=O)CC3NC(=O)NC3=O)cc2)cc1. The molecule has 1 unspecified atom stereocenters. The second kappa shape index (κ2) is 9.01. The molecule has 1 atom stereocenters. The van der Waals surface area contributed by atoms with Crippen LogP contribution in [0.1, 0.15) is 29.3 Å². The van der Waals surface area contributed by atoms with E-state index < -0.39 is 18.0 Å². The molecule has 1 aliphatic rings. The number of carbonyl (C=O) groups is 4. The zero-order valence-electron chi connectivity index (χ0n) is 15.9. The molecule has 1 saturated heterocycles. The van der Waals surface area contributed by atoms with Gasteiger partial charge in [-0.3, -0.25) is 19.7 Å². The molecular weight excluding hydrogens is 374 g/mol. The van der Waals surface area contributed by atoms with E-state index in [0.29, 0.717) is 30.0 Å². The summed E-state index contributed by atoms with van der Waals surface area (Å²) in [6, 6.07) is 13.0. The van der Waals surface area contributed by atoms with Crippen molar-refractivity contribution >= 4 is 23.6 Å². The number of amides is 4. The van der Waals surface area contributed by atoms with Gasteiger partial charge in [-0.2, -0.15) is 0 Å². The van der Waals surface area contributed by atoms with E-state index >= 15 is 0 Å². The Balaban J connectivity index is 1.43. The molecule has 2 aromatic carbocycles. The van der Waals surface area contributed by atoms with Crippen LogP contribution in [0.15, 0.2) is 48.5 Å². The van der Waals surface area contributed by atoms with Crippen molar-refractivity contribution in [3.63, 3.8) is 0 Å². The maximum Gasteiger partial charge on any atom is 0.322 e. The molecule has 8 heteroatoms. The molecule has 1 fully saturated rings. The smallest absolute Gasteiger partial charge is 0.322 e. The minimum absolute atomic E-state index is 0.00394. The van der Waals surface area contributed by atoms with Crippen molar-refractivity contribution in [2.24, 2.45) is 0 Å². The molecule has 0 saturated carbocycles. The normalized spacial score (nSPS) is 15.4. The van der Waals surface area contributed by atoms with Crippen LogP contribution >= 0.6 is 0 Å². The molecule has 29 heavy (non-hydrogen) atoms. The number of carbonyl (C=O) groups excluding carboxylic acids is 4. The van der Waals surface area contributed by atoms with Crippen LogP contribution in [0.25, 0.3) is 0 Å². The first-order chi connectivity index (χ1) is 13.9. The fraction of sp³-hybridized carbons (Fsp3) is 0.238. The van der Waals surface area contributed by atoms with E-state index in [0.717, 1.165) is 5.56 Å². The Hall–Kier alpha value is -3.68. The number of Topliss-reactive ketones (excluding diaryl/α,β-unsaturated/α-hetero) is 1. The van der Waals surface area contributed by atoms with E-state index in [1.54, 1.807) is 24.3 Å². The van der Waals surface area contributed by atoms with Crippen LogP contribution in [0.3, 0.4) is 0 Å². The van der Waals surface area contributed by atoms with Crippen molar-refractivity contribution < 1.29 is 23.9 Å². The average molecular weight is 395 g/mol. The number of nitrogens with one attached hydrogen (secondary N) is 3. The summed E-state index contributed by atoms with van der Waals surface area (Å²) in [5.74, 6) is 0.511. The van der Waals surface area contributed by atoms with Crippen LogP contribution in [0.5, 0.6) is 11.5 Å². The number of imide groups is 1. The molecule has 3 N–H and O–H groups in total. The maximum absolute atomic E-state index is 11.9. The highest BCUT2D eigenvalue weighted by atomic mass is 16.5. The number of rotatable bonds is 8. The first-order valence-corrected chi connectivity index (χ1v) is 9.16. The van der Waals surface area contributed by atoms with Gasteiger partial charge in [-0.1, -0.05) is 12.1 Å². The minimum atomic E-state index is -0.816. The standard InChI is InChI=1S/C21H21N3O5/c1-13(25)15-4-8-17(9-5-15)29-16-6-2-14(3-7-16)10-11-22-19(26)12-18-20(27)24-21(28)23-18/h2-9,18H,10-12H2,1H3,(H,22,26)(H2,23,24,27,28). The fourth-order valence-electron chi connectivity index (χ4n) is 2.82. The van der Waals surface area contributed by atoms with Crippen molar-refractivity contribution in [1.82, 2.24) is 16.0 Å². The van der Waals surface area contributed by atoms with Crippen LogP contribution in [-0.4, -0.2) is 36.2 Å². The second-order valence-electron chi connectivity index (χ2n) is 6.65. The summed E-state index contributed by atoms with van der Waals surface area (Å²) >= 11 is 0. The quantitative estimate of drug-likeness (QED) is 0.467. The van der Waals surface area contributed by atoms with E-state index in [1.165, 1.54) is 6.92 Å². The molecule has 4 amide bonds. The lowest BCUT2D eigenvalue weighted by atomic mass is 10.1. The predicted molar refractivity (Wildman–Crippen MR) is 105 cm³/mol. The van der Waals surface area contributed by atoms with Crippen molar-refractivity contribution in [1.29, 1.82) is 0 Å². The van der Waals surface area contributed by atoms with Crippen molar-refractivity contribution in [3.8, 4) is 11.5 Å². The molecule has 1 heterocycles. The average Bonchev–Trinajstić information content (AvgIpc) is 3.00. The fourth-order valence-corrected chi connectivity index (χ4v) is 2.82. The van der Waals surface area contributed by atoms with Crippen LogP contribution in [-0.2, 0) is 16.0 Å². The lowest BCUT2D eigenvalue weighted by Gasteiger charge is -2.09. The first kappa shape index (κ1) is 20.1. The van der Waals surface area contributed by atoms with Crippen LogP contribution in [0.4, 0.5) is 4.79 Å². The van der Waals surface area contributed by atoms with Crippen molar-refractivity contribution in [2.45, 2.75) is 25.8 Å². The van der Waals surface area contributed by atoms with E-state index in [-0.39, 0.29) is 18.1 Å². The summed E-state index contributed by atoms with van der Waals surface area (Å²) in [5.41, 5.74) is 1.64. The molecule has 0 bridgehead atoms. The van der Waals surface area contributed by atoms with Gasteiger partial charge in [0, 0.05) is 12.1 Å². The molecule has 150 valence electrons. The Labute approximate surface area is 167 Å². The van der Waals surface area contributed by atoms with Gasteiger partial charge < -0.3 is 15.4 Å². The number of hydrogen-bond acceptors (Lipinski definition) is 5. The van der Waals surface area contributed by atoms with Gasteiger partial charge >= 0.3 is 6.03 Å². The number of ketones is 1. The zero-order valence-corrected chi connectivity index (χ0v) is 15.9. The topological polar surface area (TPSA) is 114 Å². The summed E-state index contributed by atoms with van der Waals surface area (Å²) < 4.78 is 5.75. The summed E-state index contributed by atoms with van der Waals surface area (Å²) in [6.45, 7) is 1.92. The molecular formula is C21H21N3O5. The van der Waals surface area contributed by atoms with Gasteiger partial charge in [0.25, 0.3) is 5.91 Å². The van der Waals surface area contributed by atoms with Gasteiger partial charge in [-0.15, -0.1) is 0 Å². The molecule has 0 radical (unpaired) electrons. The summed E-state index contributed by atoms with van der Waals surface area (Å²) in [4.78, 5) is 45.6. The molecule has 0 aliphatic carbocycles. The van der Waals surface area contributed by atoms with E-state index in [1.807, 2.05) is 24.3 Å². The Bertz CT molecular complexity index is 922.